The highest BCUT2D eigenvalue weighted by Crippen LogP contribution is 2.30. The number of aromatic nitrogens is 4. The zero-order valence-electron chi connectivity index (χ0n) is 14.1. The normalized spacial score (nSPS) is 11.0. The fourth-order valence-corrected chi connectivity index (χ4v) is 3.08. The van der Waals surface area contributed by atoms with E-state index in [-0.39, 0.29) is 5.95 Å². The molecule has 0 saturated carbocycles. The Morgan fingerprint density at radius 2 is 1.88 bits per heavy atom. The molecule has 26 heavy (non-hydrogen) atoms. The summed E-state index contributed by atoms with van der Waals surface area (Å²) >= 11 is 6.39. The number of fused-ring (bicyclic) bond motifs is 1. The van der Waals surface area contributed by atoms with Gasteiger partial charge in [-0.05, 0) is 17.7 Å². The average molecular weight is 363 g/mol. The quantitative estimate of drug-likeness (QED) is 0.542. The summed E-state index contributed by atoms with van der Waals surface area (Å²) in [5, 5.41) is 4.13. The van der Waals surface area contributed by atoms with E-state index in [1.165, 1.54) is 0 Å². The fraction of sp³-hybridized carbons (Fsp3) is 0.0556. The largest absolute Gasteiger partial charge is 0.378 e. The minimum atomic E-state index is 0.265. The van der Waals surface area contributed by atoms with Gasteiger partial charge in [-0.2, -0.15) is 0 Å². The van der Waals surface area contributed by atoms with Crippen molar-refractivity contribution in [2.24, 2.45) is 0 Å². The molecular weight excluding hydrogens is 347 g/mol. The molecule has 4 aromatic rings. The number of hydrogen-bond acceptors (Lipinski definition) is 5. The molecule has 0 aliphatic rings. The van der Waals surface area contributed by atoms with Gasteiger partial charge in [0.15, 0.2) is 13.5 Å². The second kappa shape index (κ2) is 6.69. The second-order valence-corrected chi connectivity index (χ2v) is 6.43. The summed E-state index contributed by atoms with van der Waals surface area (Å²) in [4.78, 5) is 12.6. The molecule has 0 bridgehead atoms. The highest BCUT2D eigenvalue weighted by Gasteiger charge is 2.11. The summed E-state index contributed by atoms with van der Waals surface area (Å²) in [5.41, 5.74) is 11.3. The topological polar surface area (TPSA) is 81.1 Å². The molecule has 3 N–H and O–H groups in total. The first-order valence-corrected chi connectivity index (χ1v) is 8.52. The first-order chi connectivity index (χ1) is 12.6. The lowest BCUT2D eigenvalue weighted by molar-refractivity contribution is 1.06. The van der Waals surface area contributed by atoms with Crippen molar-refractivity contribution in [3.05, 3.63) is 65.7 Å². The number of rotatable bonds is 4. The molecular formula is C18H16BClN6. The predicted octanol–water partition coefficient (Wildman–Crippen LogP) is 1.90. The lowest BCUT2D eigenvalue weighted by atomic mass is 10.0. The van der Waals surface area contributed by atoms with E-state index in [2.05, 4.69) is 36.9 Å². The first-order valence-electron chi connectivity index (χ1n) is 8.14. The maximum absolute atomic E-state index is 6.39. The van der Waals surface area contributed by atoms with Gasteiger partial charge in [0.1, 0.15) is 0 Å². The van der Waals surface area contributed by atoms with E-state index in [4.69, 9.17) is 17.3 Å². The maximum Gasteiger partial charge on any atom is 0.219 e. The van der Waals surface area contributed by atoms with Crippen molar-refractivity contribution in [1.29, 1.82) is 0 Å². The van der Waals surface area contributed by atoms with Crippen molar-refractivity contribution in [1.82, 2.24) is 19.4 Å². The number of nitrogen functional groups attached to an aromatic ring is 1. The molecule has 0 radical (unpaired) electrons. The molecule has 0 unspecified atom stereocenters. The van der Waals surface area contributed by atoms with Gasteiger partial charge < -0.3 is 15.5 Å². The average Bonchev–Trinajstić information content (AvgIpc) is 3.02. The van der Waals surface area contributed by atoms with Gasteiger partial charge in [-0.1, -0.05) is 29.8 Å². The first kappa shape index (κ1) is 16.4. The molecule has 128 valence electrons. The third-order valence-corrected chi connectivity index (χ3v) is 4.51. The van der Waals surface area contributed by atoms with Crippen molar-refractivity contribution < 1.29 is 0 Å². The highest BCUT2D eigenvalue weighted by atomic mass is 35.5. The van der Waals surface area contributed by atoms with Crippen LogP contribution in [0, 0.1) is 0 Å². The molecule has 6 nitrogen and oxygen atoms in total. The summed E-state index contributed by atoms with van der Waals surface area (Å²) in [7, 11) is 2.02. The smallest absolute Gasteiger partial charge is 0.219 e. The SMILES string of the molecule is Bc1cnc2c(NCc3cnc(N)nc3)cc(-c3ccccc3Cl)cn12. The standard InChI is InChI=1S/C18H16BClN6/c19-16-9-23-17-15(22-6-11-7-24-18(21)25-8-11)5-12(10-26(16)17)13-3-1-2-4-14(13)20/h1-5,7-10,22H,6,19H2,(H2,21,24,25). The molecule has 0 aliphatic heterocycles. The molecule has 0 spiro atoms. The van der Waals surface area contributed by atoms with Crippen LogP contribution in [-0.2, 0) is 6.54 Å². The number of nitrogens with one attached hydrogen (secondary N) is 1. The Labute approximate surface area is 156 Å². The number of pyridine rings is 1. The van der Waals surface area contributed by atoms with Crippen LogP contribution in [0.25, 0.3) is 16.8 Å². The Bertz CT molecular complexity index is 1080. The van der Waals surface area contributed by atoms with E-state index >= 15 is 0 Å². The Hall–Kier alpha value is -3.06. The van der Waals surface area contributed by atoms with Gasteiger partial charge in [-0.25, -0.2) is 15.0 Å². The number of benzene rings is 1. The van der Waals surface area contributed by atoms with Gasteiger partial charge in [0.25, 0.3) is 0 Å². The van der Waals surface area contributed by atoms with Crippen LogP contribution in [0.4, 0.5) is 11.6 Å². The van der Waals surface area contributed by atoms with Crippen LogP contribution >= 0.6 is 11.6 Å². The van der Waals surface area contributed by atoms with Crippen molar-refractivity contribution in [2.45, 2.75) is 6.54 Å². The summed E-state index contributed by atoms with van der Waals surface area (Å²) in [6, 6.07) is 9.85. The van der Waals surface area contributed by atoms with Crippen LogP contribution in [0.2, 0.25) is 5.02 Å². The molecule has 0 amide bonds. The van der Waals surface area contributed by atoms with E-state index in [0.717, 1.165) is 33.6 Å². The van der Waals surface area contributed by atoms with E-state index in [1.807, 2.05) is 38.3 Å². The third-order valence-electron chi connectivity index (χ3n) is 4.18. The number of anilines is 2. The molecule has 8 heteroatoms. The lowest BCUT2D eigenvalue weighted by Gasteiger charge is -2.12. The summed E-state index contributed by atoms with van der Waals surface area (Å²) in [6.07, 6.45) is 7.32. The number of hydrogen-bond donors (Lipinski definition) is 2. The van der Waals surface area contributed by atoms with Gasteiger partial charge >= 0.3 is 0 Å². The van der Waals surface area contributed by atoms with Gasteiger partial charge in [-0.3, -0.25) is 0 Å². The Balaban J connectivity index is 1.75. The Morgan fingerprint density at radius 1 is 1.12 bits per heavy atom. The van der Waals surface area contributed by atoms with E-state index in [9.17, 15) is 0 Å². The molecule has 3 aromatic heterocycles. The number of nitrogens with zero attached hydrogens (tertiary/aromatic N) is 4. The maximum atomic E-state index is 6.39. The van der Waals surface area contributed by atoms with Crippen molar-refractivity contribution in [3.8, 4) is 11.1 Å². The van der Waals surface area contributed by atoms with Gasteiger partial charge in [0, 0.05) is 53.0 Å². The van der Waals surface area contributed by atoms with Gasteiger partial charge in [0.05, 0.1) is 5.69 Å². The minimum absolute atomic E-state index is 0.265. The molecule has 0 aliphatic carbocycles. The van der Waals surface area contributed by atoms with Crippen LogP contribution in [0.5, 0.6) is 0 Å². The Morgan fingerprint density at radius 3 is 2.65 bits per heavy atom. The van der Waals surface area contributed by atoms with Crippen LogP contribution in [0.15, 0.2) is 55.1 Å². The lowest BCUT2D eigenvalue weighted by Crippen LogP contribution is -2.11. The highest BCUT2D eigenvalue weighted by molar-refractivity contribution is 6.33. The zero-order valence-corrected chi connectivity index (χ0v) is 14.9. The van der Waals surface area contributed by atoms with Crippen LogP contribution in [0.3, 0.4) is 0 Å². The molecule has 1 aromatic carbocycles. The number of imidazole rings is 1. The number of halogens is 1. The summed E-state index contributed by atoms with van der Waals surface area (Å²) in [5.74, 6) is 0.265. The molecule has 0 saturated heterocycles. The minimum Gasteiger partial charge on any atom is -0.378 e. The van der Waals surface area contributed by atoms with Crippen LogP contribution in [0.1, 0.15) is 5.56 Å². The van der Waals surface area contributed by atoms with Crippen molar-refractivity contribution >= 4 is 42.3 Å². The zero-order chi connectivity index (χ0) is 18.1. The van der Waals surface area contributed by atoms with Crippen LogP contribution < -0.4 is 16.6 Å². The van der Waals surface area contributed by atoms with Crippen molar-refractivity contribution in [3.63, 3.8) is 0 Å². The predicted molar refractivity (Wildman–Crippen MR) is 108 cm³/mol. The fourth-order valence-electron chi connectivity index (χ4n) is 2.83. The Kier molecular flexibility index (Phi) is 4.22. The number of nitrogens with two attached hydrogens (primary N) is 1. The molecule has 0 atom stereocenters. The van der Waals surface area contributed by atoms with Gasteiger partial charge in [-0.15, -0.1) is 0 Å². The second-order valence-electron chi connectivity index (χ2n) is 6.02. The van der Waals surface area contributed by atoms with E-state index in [0.29, 0.717) is 11.6 Å². The van der Waals surface area contributed by atoms with E-state index < -0.39 is 0 Å². The third kappa shape index (κ3) is 3.09. The van der Waals surface area contributed by atoms with Crippen LogP contribution in [-0.4, -0.2) is 27.2 Å². The van der Waals surface area contributed by atoms with E-state index in [1.54, 1.807) is 12.4 Å². The molecule has 4 rings (SSSR count). The summed E-state index contributed by atoms with van der Waals surface area (Å²) in [6.45, 7) is 0.563. The molecule has 3 heterocycles. The van der Waals surface area contributed by atoms with Gasteiger partial charge in [0.2, 0.25) is 5.95 Å². The summed E-state index contributed by atoms with van der Waals surface area (Å²) < 4.78 is 2.06. The van der Waals surface area contributed by atoms with Crippen molar-refractivity contribution in [2.75, 3.05) is 11.1 Å². The molecule has 0 fully saturated rings. The monoisotopic (exact) mass is 362 g/mol.